The van der Waals surface area contributed by atoms with Crippen LogP contribution in [0.2, 0.25) is 0 Å². The molecule has 2 aromatic rings. The molecule has 1 saturated heterocycles. The quantitative estimate of drug-likeness (QED) is 0.486. The van der Waals surface area contributed by atoms with E-state index in [1.807, 2.05) is 12.1 Å². The molecule has 2 N–H and O–H groups in total. The van der Waals surface area contributed by atoms with E-state index in [0.717, 1.165) is 27.0 Å². The van der Waals surface area contributed by atoms with Crippen molar-refractivity contribution in [1.82, 2.24) is 15.2 Å². The molecule has 2 aromatic carbocycles. The van der Waals surface area contributed by atoms with Crippen molar-refractivity contribution in [3.8, 4) is 0 Å². The van der Waals surface area contributed by atoms with Crippen molar-refractivity contribution >= 4 is 18.8 Å². The van der Waals surface area contributed by atoms with Crippen LogP contribution < -0.4 is 10.9 Å². The fourth-order valence-corrected chi connectivity index (χ4v) is 3.79. The van der Waals surface area contributed by atoms with E-state index in [0.29, 0.717) is 17.6 Å². The topological polar surface area (TPSA) is 55.8 Å². The van der Waals surface area contributed by atoms with Crippen molar-refractivity contribution in [3.63, 3.8) is 0 Å². The molecule has 2 atom stereocenters. The third-order valence-corrected chi connectivity index (χ3v) is 5.11. The minimum absolute atomic E-state index is 0.464. The van der Waals surface area contributed by atoms with Gasteiger partial charge in [0.1, 0.15) is 0 Å². The van der Waals surface area contributed by atoms with Gasteiger partial charge in [-0.05, 0) is 31.5 Å². The van der Waals surface area contributed by atoms with Gasteiger partial charge in [0.2, 0.25) is 7.41 Å². The van der Waals surface area contributed by atoms with Gasteiger partial charge in [0.15, 0.2) is 0 Å². The molecule has 1 amide bonds. The number of hydrogen-bond donors (Lipinski definition) is 2. The molecule has 1 heterocycles. The van der Waals surface area contributed by atoms with E-state index in [-0.39, 0.29) is 0 Å². The Morgan fingerprint density at radius 2 is 1.69 bits per heavy atom. The van der Waals surface area contributed by atoms with E-state index >= 15 is 0 Å². The van der Waals surface area contributed by atoms with Gasteiger partial charge in [0.25, 0.3) is 5.91 Å². The van der Waals surface area contributed by atoms with E-state index in [1.54, 1.807) is 17.6 Å². The van der Waals surface area contributed by atoms with E-state index < -0.39 is 5.91 Å². The Labute approximate surface area is 155 Å². The van der Waals surface area contributed by atoms with Gasteiger partial charge in [-0.2, -0.15) is 0 Å². The Kier molecular flexibility index (Phi) is 6.09. The molecule has 0 unspecified atom stereocenters. The number of hydrogen-bond acceptors (Lipinski definition) is 4. The highest BCUT2D eigenvalue weighted by Crippen LogP contribution is 2.18. The normalized spacial score (nSPS) is 21.3. The van der Waals surface area contributed by atoms with Crippen molar-refractivity contribution in [3.05, 3.63) is 65.7 Å². The Hall–Kier alpha value is -2.15. The molecule has 6 heteroatoms. The summed E-state index contributed by atoms with van der Waals surface area (Å²) in [5.74, 6) is -0.478. The molecule has 0 bridgehead atoms. The van der Waals surface area contributed by atoms with Crippen LogP contribution in [0.25, 0.3) is 0 Å². The third-order valence-electron chi connectivity index (χ3n) is 5.11. The van der Waals surface area contributed by atoms with Crippen LogP contribution >= 0.6 is 0 Å². The lowest BCUT2D eigenvalue weighted by atomic mass is 9.78. The number of carbonyl (C=O) groups excluding carboxylic acids is 1. The number of hydroxylamine groups is 1. The van der Waals surface area contributed by atoms with Crippen molar-refractivity contribution in [1.29, 1.82) is 0 Å². The van der Waals surface area contributed by atoms with E-state index in [2.05, 4.69) is 53.9 Å². The fourth-order valence-electron chi connectivity index (χ4n) is 3.79. The highest BCUT2D eigenvalue weighted by molar-refractivity contribution is 6.50. The Balaban J connectivity index is 1.59. The maximum atomic E-state index is 11.4. The molecular formula is C20H26BN3O2. The zero-order valence-corrected chi connectivity index (χ0v) is 15.4. The largest absolute Gasteiger partial charge is 0.338 e. The van der Waals surface area contributed by atoms with Gasteiger partial charge >= 0.3 is 0 Å². The molecule has 0 radical (unpaired) electrons. The first-order valence-corrected chi connectivity index (χ1v) is 9.12. The Bertz CT molecular complexity index is 712. The molecule has 0 aliphatic carbocycles. The number of piperazine rings is 1. The van der Waals surface area contributed by atoms with E-state index in [1.165, 1.54) is 11.0 Å². The Morgan fingerprint density at radius 1 is 1.08 bits per heavy atom. The molecule has 1 aliphatic heterocycles. The molecule has 0 spiro atoms. The molecule has 5 nitrogen and oxygen atoms in total. The van der Waals surface area contributed by atoms with Crippen molar-refractivity contribution in [2.75, 3.05) is 13.1 Å². The molecule has 136 valence electrons. The van der Waals surface area contributed by atoms with Gasteiger partial charge in [-0.3, -0.25) is 14.9 Å². The first-order chi connectivity index (χ1) is 12.6. The number of benzene rings is 2. The van der Waals surface area contributed by atoms with Gasteiger partial charge in [0.05, 0.1) is 0 Å². The number of rotatable bonds is 5. The summed E-state index contributed by atoms with van der Waals surface area (Å²) in [6, 6.07) is 19.0. The molecular weight excluding hydrogens is 325 g/mol. The van der Waals surface area contributed by atoms with Gasteiger partial charge < -0.3 is 4.81 Å². The number of nitrogens with zero attached hydrogens (tertiary/aromatic N) is 2. The lowest BCUT2D eigenvalue weighted by molar-refractivity contribution is 0.0698. The number of nitrogens with one attached hydrogen (secondary N) is 1. The second-order valence-electron chi connectivity index (χ2n) is 7.19. The zero-order valence-electron chi connectivity index (χ0n) is 15.4. The summed E-state index contributed by atoms with van der Waals surface area (Å²) >= 11 is 0. The standard InChI is InChI=1S/C20H26BN3O2/c1-15-12-23(21-19-10-8-18(9-11-19)20(25)22-26)13-16(2)24(15)14-17-6-4-3-5-7-17/h3-11,15-16,21,26H,12-14H2,1-2H3,(H,22,25)/t15-,16+. The van der Waals surface area contributed by atoms with Crippen LogP contribution in [0.4, 0.5) is 0 Å². The van der Waals surface area contributed by atoms with Gasteiger partial charge in [0, 0.05) is 37.3 Å². The number of amides is 1. The predicted molar refractivity (Wildman–Crippen MR) is 105 cm³/mol. The summed E-state index contributed by atoms with van der Waals surface area (Å²) in [6.07, 6.45) is 0. The minimum Gasteiger partial charge on any atom is -0.338 e. The summed E-state index contributed by atoms with van der Waals surface area (Å²) in [5.41, 5.74) is 4.66. The van der Waals surface area contributed by atoms with Crippen molar-refractivity contribution in [2.24, 2.45) is 0 Å². The van der Waals surface area contributed by atoms with Crippen LogP contribution in [-0.4, -0.2) is 53.4 Å². The highest BCUT2D eigenvalue weighted by atomic mass is 16.5. The van der Waals surface area contributed by atoms with Crippen LogP contribution in [-0.2, 0) is 6.54 Å². The average molecular weight is 351 g/mol. The molecule has 0 saturated carbocycles. The highest BCUT2D eigenvalue weighted by Gasteiger charge is 2.29. The monoisotopic (exact) mass is 351 g/mol. The van der Waals surface area contributed by atoms with Crippen LogP contribution in [0.1, 0.15) is 29.8 Å². The lowest BCUT2D eigenvalue weighted by Gasteiger charge is -2.44. The second kappa shape index (κ2) is 8.49. The van der Waals surface area contributed by atoms with Crippen LogP contribution in [0.3, 0.4) is 0 Å². The van der Waals surface area contributed by atoms with Gasteiger partial charge in [-0.1, -0.05) is 47.9 Å². The maximum absolute atomic E-state index is 11.4. The van der Waals surface area contributed by atoms with Crippen LogP contribution in [0.15, 0.2) is 54.6 Å². The van der Waals surface area contributed by atoms with Crippen LogP contribution in [0.5, 0.6) is 0 Å². The molecule has 3 rings (SSSR count). The summed E-state index contributed by atoms with van der Waals surface area (Å²) in [4.78, 5) is 16.4. The van der Waals surface area contributed by atoms with Gasteiger partial charge in [-0.15, -0.1) is 0 Å². The first-order valence-electron chi connectivity index (χ1n) is 9.12. The second-order valence-corrected chi connectivity index (χ2v) is 7.19. The molecule has 1 aliphatic rings. The van der Waals surface area contributed by atoms with E-state index in [4.69, 9.17) is 5.21 Å². The fraction of sp³-hybridized carbons (Fsp3) is 0.350. The summed E-state index contributed by atoms with van der Waals surface area (Å²) in [7, 11) is 0.870. The first kappa shape index (κ1) is 18.6. The van der Waals surface area contributed by atoms with E-state index in [9.17, 15) is 4.79 Å². The average Bonchev–Trinajstić information content (AvgIpc) is 2.65. The smallest absolute Gasteiger partial charge is 0.274 e. The molecule has 1 fully saturated rings. The van der Waals surface area contributed by atoms with Crippen molar-refractivity contribution in [2.45, 2.75) is 32.5 Å². The van der Waals surface area contributed by atoms with Crippen LogP contribution in [0, 0.1) is 0 Å². The lowest BCUT2D eigenvalue weighted by Crippen LogP contribution is -2.58. The van der Waals surface area contributed by atoms with Gasteiger partial charge in [-0.25, -0.2) is 5.48 Å². The summed E-state index contributed by atoms with van der Waals surface area (Å²) in [6.45, 7) is 7.62. The summed E-state index contributed by atoms with van der Waals surface area (Å²) < 4.78 is 0. The maximum Gasteiger partial charge on any atom is 0.274 e. The predicted octanol–water partition coefficient (Wildman–Crippen LogP) is 1.38. The van der Waals surface area contributed by atoms with Crippen molar-refractivity contribution < 1.29 is 10.0 Å². The Morgan fingerprint density at radius 3 is 2.27 bits per heavy atom. The SMILES string of the molecule is C[C@@H]1CN(Bc2ccc(C(=O)NO)cc2)C[C@H](C)N1Cc1ccccc1. The third kappa shape index (κ3) is 4.52. The molecule has 26 heavy (non-hydrogen) atoms. The minimum atomic E-state index is -0.478. The molecule has 0 aromatic heterocycles. The summed E-state index contributed by atoms with van der Waals surface area (Å²) in [5, 5.41) is 8.70. The zero-order chi connectivity index (χ0) is 18.5. The number of carbonyl (C=O) groups is 1.